The van der Waals surface area contributed by atoms with Crippen LogP contribution in [0.25, 0.3) is 0 Å². The summed E-state index contributed by atoms with van der Waals surface area (Å²) in [5, 5.41) is 9.65. The first-order chi connectivity index (χ1) is 29.2. The Morgan fingerprint density at radius 3 is 1.07 bits per heavy atom. The zero-order valence-electron chi connectivity index (χ0n) is 39.3. The number of esters is 1. The smallest absolute Gasteiger partial charge is 0.306 e. The topological polar surface area (TPSA) is 55.8 Å². The Balaban J connectivity index is 3.47. The third kappa shape index (κ3) is 50.1. The molecular weight excluding hydrogens is 725 g/mol. The van der Waals surface area contributed by atoms with Gasteiger partial charge in [0, 0.05) is 13.0 Å². The summed E-state index contributed by atoms with van der Waals surface area (Å²) < 4.78 is 11.2. The largest absolute Gasteiger partial charge is 0.457 e. The van der Waals surface area contributed by atoms with E-state index in [-0.39, 0.29) is 19.2 Å². The molecule has 0 aliphatic heterocycles. The van der Waals surface area contributed by atoms with Gasteiger partial charge in [0.25, 0.3) is 0 Å². The monoisotopic (exact) mass is 823 g/mol. The Labute approximate surface area is 367 Å². The van der Waals surface area contributed by atoms with Gasteiger partial charge in [-0.15, -0.1) is 0 Å². The lowest BCUT2D eigenvalue weighted by Gasteiger charge is -2.16. The first-order valence-corrected chi connectivity index (χ1v) is 25.5. The number of aliphatic hydroxyl groups excluding tert-OH is 1. The molecule has 342 valence electrons. The molecule has 0 heterocycles. The minimum absolute atomic E-state index is 0.180. The highest BCUT2D eigenvalue weighted by Crippen LogP contribution is 2.14. The van der Waals surface area contributed by atoms with E-state index in [1.165, 1.54) is 180 Å². The maximum Gasteiger partial charge on any atom is 0.306 e. The first kappa shape index (κ1) is 56.8. The number of unbranched alkanes of at least 4 members (excludes halogenated alkanes) is 27. The summed E-state index contributed by atoms with van der Waals surface area (Å²) in [6, 6.07) is 0. The van der Waals surface area contributed by atoms with E-state index in [9.17, 15) is 9.90 Å². The molecule has 4 heteroatoms. The lowest BCUT2D eigenvalue weighted by molar-refractivity contribution is -0.154. The highest BCUT2D eigenvalue weighted by Gasteiger charge is 2.13. The third-order valence-electron chi connectivity index (χ3n) is 11.0. The Hall–Kier alpha value is -2.17. The van der Waals surface area contributed by atoms with Crippen molar-refractivity contribution in [3.8, 4) is 0 Å². The van der Waals surface area contributed by atoms with Crippen LogP contribution in [0.5, 0.6) is 0 Å². The molecule has 0 aromatic rings. The standard InChI is InChI=1S/C55H98O4/c1-3-5-7-9-11-13-15-17-19-21-23-25-27-28-29-30-32-34-36-38-40-42-44-46-48-50-55(57)59-54(52-56)53-58-51-49-47-45-43-41-39-37-35-33-31-26-24-22-20-18-16-14-12-10-8-6-4-2/h15-18,21-24,27-28,31,33,54,56H,3-14,19-20,25-26,29-30,32,34-53H2,1-2H3/b17-15-,18-16-,23-21-,24-22-,28-27-,33-31-. The summed E-state index contributed by atoms with van der Waals surface area (Å²) in [7, 11) is 0. The molecule has 0 saturated carbocycles. The van der Waals surface area contributed by atoms with Gasteiger partial charge in [-0.05, 0) is 89.9 Å². The highest BCUT2D eigenvalue weighted by atomic mass is 16.6. The van der Waals surface area contributed by atoms with E-state index >= 15 is 0 Å². The van der Waals surface area contributed by atoms with Crippen LogP contribution < -0.4 is 0 Å². The van der Waals surface area contributed by atoms with Gasteiger partial charge in [-0.2, -0.15) is 0 Å². The Kier molecular flexibility index (Phi) is 50.1. The van der Waals surface area contributed by atoms with Crippen molar-refractivity contribution in [1.29, 1.82) is 0 Å². The van der Waals surface area contributed by atoms with Gasteiger partial charge < -0.3 is 14.6 Å². The van der Waals surface area contributed by atoms with Crippen molar-refractivity contribution in [3.05, 3.63) is 72.9 Å². The molecule has 0 spiro atoms. The molecule has 0 saturated heterocycles. The number of carbonyl (C=O) groups is 1. The number of allylic oxidation sites excluding steroid dienone is 12. The maximum absolute atomic E-state index is 12.3. The molecule has 0 amide bonds. The van der Waals surface area contributed by atoms with Crippen LogP contribution in [0.4, 0.5) is 0 Å². The van der Waals surface area contributed by atoms with Crippen molar-refractivity contribution in [2.75, 3.05) is 19.8 Å². The van der Waals surface area contributed by atoms with Crippen LogP contribution in [0.3, 0.4) is 0 Å². The van der Waals surface area contributed by atoms with E-state index in [1.807, 2.05) is 0 Å². The highest BCUT2D eigenvalue weighted by molar-refractivity contribution is 5.69. The molecule has 0 radical (unpaired) electrons. The summed E-state index contributed by atoms with van der Waals surface area (Å²) in [6.07, 6.45) is 71.3. The quantitative estimate of drug-likeness (QED) is 0.0377. The van der Waals surface area contributed by atoms with E-state index in [0.717, 1.165) is 44.9 Å². The van der Waals surface area contributed by atoms with Gasteiger partial charge in [0.05, 0.1) is 13.2 Å². The van der Waals surface area contributed by atoms with Crippen molar-refractivity contribution >= 4 is 5.97 Å². The van der Waals surface area contributed by atoms with E-state index in [2.05, 4.69) is 86.8 Å². The van der Waals surface area contributed by atoms with Gasteiger partial charge in [-0.3, -0.25) is 4.79 Å². The number of hydrogen-bond donors (Lipinski definition) is 1. The van der Waals surface area contributed by atoms with Crippen molar-refractivity contribution < 1.29 is 19.4 Å². The van der Waals surface area contributed by atoms with Gasteiger partial charge in [-0.1, -0.05) is 222 Å². The third-order valence-corrected chi connectivity index (χ3v) is 11.0. The van der Waals surface area contributed by atoms with E-state index in [1.54, 1.807) is 0 Å². The lowest BCUT2D eigenvalue weighted by Crippen LogP contribution is -2.27. The SMILES string of the molecule is CCCCCCC/C=C\C/C=C\C/C=C\CCCCCCCCCCCCC(=O)OC(CO)COCCCCCCCCC/C=C\C/C=C\C/C=C\CCCCCCC. The van der Waals surface area contributed by atoms with E-state index in [0.29, 0.717) is 13.0 Å². The molecule has 0 aliphatic carbocycles. The molecule has 0 aliphatic rings. The minimum atomic E-state index is -0.547. The van der Waals surface area contributed by atoms with Crippen LogP contribution in [0.1, 0.15) is 245 Å². The average molecular weight is 823 g/mol. The second-order valence-electron chi connectivity index (χ2n) is 16.9. The van der Waals surface area contributed by atoms with E-state index in [4.69, 9.17) is 9.47 Å². The van der Waals surface area contributed by atoms with Crippen LogP contribution >= 0.6 is 0 Å². The molecule has 4 nitrogen and oxygen atoms in total. The molecule has 1 unspecified atom stereocenters. The molecule has 0 rings (SSSR count). The summed E-state index contributed by atoms with van der Waals surface area (Å²) in [4.78, 5) is 12.3. The number of carbonyl (C=O) groups excluding carboxylic acids is 1. The summed E-state index contributed by atoms with van der Waals surface area (Å²) in [6.45, 7) is 5.31. The normalized spacial score (nSPS) is 12.9. The van der Waals surface area contributed by atoms with Gasteiger partial charge in [0.15, 0.2) is 0 Å². The minimum Gasteiger partial charge on any atom is -0.457 e. The zero-order chi connectivity index (χ0) is 42.6. The van der Waals surface area contributed by atoms with Crippen molar-refractivity contribution in [2.24, 2.45) is 0 Å². The fraction of sp³-hybridized carbons (Fsp3) is 0.764. The molecule has 1 atom stereocenters. The number of aliphatic hydroxyl groups is 1. The van der Waals surface area contributed by atoms with Gasteiger partial charge in [-0.25, -0.2) is 0 Å². The summed E-state index contributed by atoms with van der Waals surface area (Å²) in [5.74, 6) is -0.209. The van der Waals surface area contributed by atoms with Crippen molar-refractivity contribution in [2.45, 2.75) is 251 Å². The van der Waals surface area contributed by atoms with Gasteiger partial charge in [0.2, 0.25) is 0 Å². The Bertz CT molecular complexity index is 1000. The molecule has 0 fully saturated rings. The zero-order valence-corrected chi connectivity index (χ0v) is 39.3. The predicted molar refractivity (Wildman–Crippen MR) is 260 cm³/mol. The molecule has 0 bridgehead atoms. The second kappa shape index (κ2) is 52.0. The number of rotatable bonds is 47. The van der Waals surface area contributed by atoms with Crippen LogP contribution in [-0.4, -0.2) is 37.0 Å². The molecule has 59 heavy (non-hydrogen) atoms. The van der Waals surface area contributed by atoms with Crippen molar-refractivity contribution in [1.82, 2.24) is 0 Å². The van der Waals surface area contributed by atoms with Crippen LogP contribution in [0, 0.1) is 0 Å². The van der Waals surface area contributed by atoms with Crippen LogP contribution in [0.15, 0.2) is 72.9 Å². The Morgan fingerprint density at radius 1 is 0.407 bits per heavy atom. The molecule has 0 aromatic heterocycles. The number of hydrogen-bond acceptors (Lipinski definition) is 4. The number of ether oxygens (including phenoxy) is 2. The maximum atomic E-state index is 12.3. The predicted octanol–water partition coefficient (Wildman–Crippen LogP) is 17.3. The average Bonchev–Trinajstić information content (AvgIpc) is 3.24. The van der Waals surface area contributed by atoms with E-state index < -0.39 is 6.10 Å². The molecular formula is C55H98O4. The van der Waals surface area contributed by atoms with Crippen LogP contribution in [0.2, 0.25) is 0 Å². The lowest BCUT2D eigenvalue weighted by atomic mass is 10.0. The summed E-state index contributed by atoms with van der Waals surface area (Å²) >= 11 is 0. The summed E-state index contributed by atoms with van der Waals surface area (Å²) in [5.41, 5.74) is 0. The fourth-order valence-electron chi connectivity index (χ4n) is 7.17. The second-order valence-corrected chi connectivity index (χ2v) is 16.9. The van der Waals surface area contributed by atoms with Crippen LogP contribution in [-0.2, 0) is 14.3 Å². The molecule has 0 aromatic carbocycles. The van der Waals surface area contributed by atoms with Gasteiger partial charge in [0.1, 0.15) is 6.10 Å². The van der Waals surface area contributed by atoms with Crippen molar-refractivity contribution in [3.63, 3.8) is 0 Å². The molecule has 1 N–H and O–H groups in total. The Morgan fingerprint density at radius 2 is 0.712 bits per heavy atom. The first-order valence-electron chi connectivity index (χ1n) is 25.5. The van der Waals surface area contributed by atoms with Gasteiger partial charge >= 0.3 is 5.97 Å². The fourth-order valence-corrected chi connectivity index (χ4v) is 7.17.